The molecule has 0 fully saturated rings. The Hall–Kier alpha value is -3.96. The van der Waals surface area contributed by atoms with Crippen LogP contribution in [0.15, 0.2) is 59.5 Å². The molecule has 4 aromatic rings. The molecule has 148 valence electrons. The van der Waals surface area contributed by atoms with E-state index in [0.717, 1.165) is 0 Å². The maximum absolute atomic E-state index is 13.3. The van der Waals surface area contributed by atoms with E-state index in [2.05, 4.69) is 20.3 Å². The molecule has 0 aliphatic carbocycles. The Morgan fingerprint density at radius 1 is 1.13 bits per heavy atom. The number of hydrogen-bond donors (Lipinski definition) is 2. The van der Waals surface area contributed by atoms with Gasteiger partial charge in [0.2, 0.25) is 5.95 Å². The predicted octanol–water partition coefficient (Wildman–Crippen LogP) is 2.94. The van der Waals surface area contributed by atoms with Crippen molar-refractivity contribution in [1.82, 2.24) is 19.5 Å². The first-order chi connectivity index (χ1) is 14.6. The summed E-state index contributed by atoms with van der Waals surface area (Å²) in [5.74, 6) is 0.951. The smallest absolute Gasteiger partial charge is 0.267 e. The lowest BCUT2D eigenvalue weighted by Crippen LogP contribution is -2.25. The summed E-state index contributed by atoms with van der Waals surface area (Å²) in [5.41, 5.74) is 6.88. The fourth-order valence-electron chi connectivity index (χ4n) is 3.15. The highest BCUT2D eigenvalue weighted by Crippen LogP contribution is 2.21. The number of fused-ring (bicyclic) bond motifs is 1. The van der Waals surface area contributed by atoms with Crippen LogP contribution in [0.5, 0.6) is 0 Å². The zero-order valence-corrected chi connectivity index (χ0v) is 16.5. The first-order valence-electron chi connectivity index (χ1n) is 9.10. The van der Waals surface area contributed by atoms with Crippen LogP contribution in [-0.2, 0) is 6.42 Å². The van der Waals surface area contributed by atoms with Crippen LogP contribution in [0.2, 0.25) is 5.02 Å². The van der Waals surface area contributed by atoms with Crippen molar-refractivity contribution < 1.29 is 0 Å². The molecule has 0 amide bonds. The van der Waals surface area contributed by atoms with E-state index in [0.29, 0.717) is 46.2 Å². The fourth-order valence-corrected chi connectivity index (χ4v) is 3.40. The normalized spacial score (nSPS) is 10.7. The molecular weight excluding hydrogens is 402 g/mol. The lowest BCUT2D eigenvalue weighted by atomic mass is 10.2. The van der Waals surface area contributed by atoms with E-state index in [9.17, 15) is 10.1 Å². The number of nitrogen functional groups attached to an aromatic ring is 1. The third kappa shape index (κ3) is 3.66. The van der Waals surface area contributed by atoms with Crippen molar-refractivity contribution in [1.29, 1.82) is 5.26 Å². The number of nitriles is 1. The van der Waals surface area contributed by atoms with Gasteiger partial charge < -0.3 is 11.1 Å². The Kier molecular flexibility index (Phi) is 5.28. The average Bonchev–Trinajstić information content (AvgIpc) is 2.74. The number of halogens is 1. The van der Waals surface area contributed by atoms with Gasteiger partial charge in [0.15, 0.2) is 0 Å². The number of anilines is 2. The van der Waals surface area contributed by atoms with Crippen LogP contribution in [0.1, 0.15) is 11.4 Å². The summed E-state index contributed by atoms with van der Waals surface area (Å²) in [6, 6.07) is 16.5. The molecule has 0 radical (unpaired) electrons. The minimum atomic E-state index is -0.240. The third-order valence-corrected chi connectivity index (χ3v) is 4.81. The third-order valence-electron chi connectivity index (χ3n) is 4.50. The van der Waals surface area contributed by atoms with Crippen LogP contribution >= 0.6 is 11.6 Å². The van der Waals surface area contributed by atoms with Crippen molar-refractivity contribution >= 4 is 34.3 Å². The number of hydrogen-bond acceptors (Lipinski definition) is 7. The molecule has 2 aromatic carbocycles. The highest BCUT2D eigenvalue weighted by Gasteiger charge is 2.15. The van der Waals surface area contributed by atoms with Gasteiger partial charge in [-0.3, -0.25) is 9.36 Å². The number of benzene rings is 2. The van der Waals surface area contributed by atoms with E-state index in [1.54, 1.807) is 22.8 Å². The minimum Gasteiger partial charge on any atom is -0.368 e. The van der Waals surface area contributed by atoms with Crippen LogP contribution in [-0.4, -0.2) is 26.1 Å². The van der Waals surface area contributed by atoms with Crippen LogP contribution in [0.3, 0.4) is 0 Å². The summed E-state index contributed by atoms with van der Waals surface area (Å²) in [6.07, 6.45) is 1.75. The van der Waals surface area contributed by atoms with E-state index >= 15 is 0 Å². The molecule has 0 spiro atoms. The van der Waals surface area contributed by atoms with Gasteiger partial charge in [-0.05, 0) is 24.3 Å². The quantitative estimate of drug-likeness (QED) is 0.511. The number of nitrogens with one attached hydrogen (secondary N) is 1. The maximum atomic E-state index is 13.3. The molecule has 0 aliphatic rings. The lowest BCUT2D eigenvalue weighted by molar-refractivity contribution is 0.809. The maximum Gasteiger partial charge on any atom is 0.267 e. The SMILES string of the molecule is N#Cc1cnc(N)nc1NCCc1nc2cccc(Cl)c2c(=O)n1-c1ccccc1. The molecule has 0 unspecified atom stereocenters. The van der Waals surface area contributed by atoms with E-state index in [4.69, 9.17) is 17.3 Å². The fraction of sp³-hybridized carbons (Fsp3) is 0.0952. The first kappa shape index (κ1) is 19.4. The summed E-state index contributed by atoms with van der Waals surface area (Å²) in [4.78, 5) is 25.8. The molecule has 0 atom stereocenters. The van der Waals surface area contributed by atoms with Gasteiger partial charge in [-0.15, -0.1) is 0 Å². The summed E-state index contributed by atoms with van der Waals surface area (Å²) >= 11 is 6.28. The molecule has 0 saturated heterocycles. The monoisotopic (exact) mass is 417 g/mol. The molecule has 8 nitrogen and oxygen atoms in total. The predicted molar refractivity (Wildman–Crippen MR) is 116 cm³/mol. The van der Waals surface area contributed by atoms with Gasteiger partial charge in [0.1, 0.15) is 23.3 Å². The minimum absolute atomic E-state index is 0.0659. The Labute approximate surface area is 176 Å². The standard InChI is InChI=1S/C21H16ClN7O/c22-15-7-4-8-16-18(15)20(30)29(14-5-2-1-3-6-14)17(27-16)9-10-25-19-13(11-23)12-26-21(24)28-19/h1-8,12H,9-10H2,(H3,24,25,26,28). The Morgan fingerprint density at radius 2 is 1.93 bits per heavy atom. The zero-order chi connectivity index (χ0) is 21.1. The molecule has 0 saturated carbocycles. The van der Waals surface area contributed by atoms with Crippen molar-refractivity contribution in [3.63, 3.8) is 0 Å². The van der Waals surface area contributed by atoms with Crippen molar-refractivity contribution in [2.45, 2.75) is 6.42 Å². The molecule has 2 heterocycles. The van der Waals surface area contributed by atoms with Crippen LogP contribution in [0.25, 0.3) is 16.6 Å². The van der Waals surface area contributed by atoms with Crippen molar-refractivity contribution in [2.24, 2.45) is 0 Å². The van der Waals surface area contributed by atoms with Crippen molar-refractivity contribution in [3.05, 3.63) is 81.5 Å². The molecule has 3 N–H and O–H groups in total. The van der Waals surface area contributed by atoms with E-state index in [1.165, 1.54) is 6.20 Å². The van der Waals surface area contributed by atoms with E-state index in [-0.39, 0.29) is 17.1 Å². The van der Waals surface area contributed by atoms with Crippen molar-refractivity contribution in [2.75, 3.05) is 17.6 Å². The van der Waals surface area contributed by atoms with Gasteiger partial charge in [0.05, 0.1) is 27.8 Å². The second-order valence-electron chi connectivity index (χ2n) is 6.42. The van der Waals surface area contributed by atoms with Gasteiger partial charge in [0, 0.05) is 13.0 Å². The van der Waals surface area contributed by atoms with Crippen LogP contribution < -0.4 is 16.6 Å². The Morgan fingerprint density at radius 3 is 2.70 bits per heavy atom. The number of rotatable bonds is 5. The molecule has 4 rings (SSSR count). The van der Waals surface area contributed by atoms with Crippen LogP contribution in [0, 0.1) is 11.3 Å². The number of aromatic nitrogens is 4. The first-order valence-corrected chi connectivity index (χ1v) is 9.48. The van der Waals surface area contributed by atoms with Gasteiger partial charge in [-0.2, -0.15) is 10.2 Å². The number of nitrogens with zero attached hydrogens (tertiary/aromatic N) is 5. The largest absolute Gasteiger partial charge is 0.368 e. The Balaban J connectivity index is 1.74. The summed E-state index contributed by atoms with van der Waals surface area (Å²) in [5, 5.41) is 13.0. The second kappa shape index (κ2) is 8.19. The number of para-hydroxylation sites is 1. The Bertz CT molecular complexity index is 1330. The molecule has 0 bridgehead atoms. The molecule has 0 aliphatic heterocycles. The second-order valence-corrected chi connectivity index (χ2v) is 6.82. The summed E-state index contributed by atoms with van der Waals surface area (Å²) in [6.45, 7) is 0.372. The molecular formula is C21H16ClN7O. The molecule has 9 heteroatoms. The lowest BCUT2D eigenvalue weighted by Gasteiger charge is -2.15. The number of nitrogens with two attached hydrogens (primary N) is 1. The topological polar surface area (TPSA) is 123 Å². The highest BCUT2D eigenvalue weighted by molar-refractivity contribution is 6.35. The van der Waals surface area contributed by atoms with E-state index in [1.807, 2.05) is 36.4 Å². The van der Waals surface area contributed by atoms with E-state index < -0.39 is 0 Å². The van der Waals surface area contributed by atoms with Gasteiger partial charge >= 0.3 is 0 Å². The zero-order valence-electron chi connectivity index (χ0n) is 15.7. The highest BCUT2D eigenvalue weighted by atomic mass is 35.5. The van der Waals surface area contributed by atoms with Crippen LogP contribution in [0.4, 0.5) is 11.8 Å². The van der Waals surface area contributed by atoms with Gasteiger partial charge in [0.25, 0.3) is 5.56 Å². The van der Waals surface area contributed by atoms with Crippen molar-refractivity contribution in [3.8, 4) is 11.8 Å². The summed E-state index contributed by atoms with van der Waals surface area (Å²) < 4.78 is 1.55. The molecule has 30 heavy (non-hydrogen) atoms. The van der Waals surface area contributed by atoms with Gasteiger partial charge in [-0.25, -0.2) is 9.97 Å². The molecule has 2 aromatic heterocycles. The average molecular weight is 418 g/mol. The summed E-state index contributed by atoms with van der Waals surface area (Å²) in [7, 11) is 0. The van der Waals surface area contributed by atoms with Gasteiger partial charge in [-0.1, -0.05) is 35.9 Å².